The summed E-state index contributed by atoms with van der Waals surface area (Å²) in [4.78, 5) is 29.8. The number of nitrogens with zero attached hydrogens (tertiary/aromatic N) is 2. The minimum absolute atomic E-state index is 0.171. The van der Waals surface area contributed by atoms with Gasteiger partial charge >= 0.3 is 5.69 Å². The lowest BCUT2D eigenvalue weighted by Gasteiger charge is -2.06. The Hall–Kier alpha value is -2.65. The molecule has 0 saturated heterocycles. The Kier molecular flexibility index (Phi) is 3.17. The van der Waals surface area contributed by atoms with E-state index >= 15 is 0 Å². The van der Waals surface area contributed by atoms with Crippen LogP contribution in [0.4, 0.5) is 0 Å². The lowest BCUT2D eigenvalue weighted by Crippen LogP contribution is -2.35. The Bertz CT molecular complexity index is 1080. The Morgan fingerprint density at radius 2 is 2.17 bits per heavy atom. The second kappa shape index (κ2) is 5.21. The zero-order valence-corrected chi connectivity index (χ0v) is 13.1. The van der Waals surface area contributed by atoms with Gasteiger partial charge < -0.3 is 0 Å². The van der Waals surface area contributed by atoms with Gasteiger partial charge in [0.15, 0.2) is 0 Å². The van der Waals surface area contributed by atoms with Crippen LogP contribution in [-0.4, -0.2) is 9.55 Å². The molecule has 6 heteroatoms. The number of fused-ring (bicyclic) bond motifs is 3. The van der Waals surface area contributed by atoms with Gasteiger partial charge in [0.25, 0.3) is 5.56 Å². The van der Waals surface area contributed by atoms with Crippen molar-refractivity contribution in [1.29, 1.82) is 5.26 Å². The molecule has 0 spiro atoms. The maximum Gasteiger partial charge on any atom is 0.329 e. The number of nitrogens with one attached hydrogen (secondary N) is 1. The van der Waals surface area contributed by atoms with E-state index in [1.807, 2.05) is 6.07 Å². The summed E-state index contributed by atoms with van der Waals surface area (Å²) in [6, 6.07) is 9.04. The van der Waals surface area contributed by atoms with E-state index in [-0.39, 0.29) is 12.1 Å². The number of nitriles is 1. The zero-order valence-electron chi connectivity index (χ0n) is 12.3. The third-order valence-electron chi connectivity index (χ3n) is 4.24. The van der Waals surface area contributed by atoms with E-state index < -0.39 is 5.69 Å². The molecule has 3 aromatic rings. The van der Waals surface area contributed by atoms with Gasteiger partial charge in [0.05, 0.1) is 23.6 Å². The van der Waals surface area contributed by atoms with Gasteiger partial charge in [0, 0.05) is 4.88 Å². The highest BCUT2D eigenvalue weighted by Gasteiger charge is 2.22. The van der Waals surface area contributed by atoms with Gasteiger partial charge in [-0.15, -0.1) is 11.3 Å². The first-order chi connectivity index (χ1) is 11.2. The van der Waals surface area contributed by atoms with Crippen molar-refractivity contribution >= 4 is 21.6 Å². The number of hydrogen-bond donors (Lipinski definition) is 1. The first-order valence-corrected chi connectivity index (χ1v) is 8.25. The summed E-state index contributed by atoms with van der Waals surface area (Å²) in [7, 11) is 0. The summed E-state index contributed by atoms with van der Waals surface area (Å²) in [6.45, 7) is 0.171. The molecular weight excluding hydrogens is 310 g/mol. The zero-order chi connectivity index (χ0) is 16.0. The molecule has 0 bridgehead atoms. The van der Waals surface area contributed by atoms with Gasteiger partial charge in [-0.05, 0) is 42.5 Å². The molecule has 4 rings (SSSR count). The number of hydrogen-bond acceptors (Lipinski definition) is 4. The second-order valence-corrected chi connectivity index (χ2v) is 6.80. The van der Waals surface area contributed by atoms with Crippen LogP contribution in [0.2, 0.25) is 0 Å². The van der Waals surface area contributed by atoms with Gasteiger partial charge in [0.2, 0.25) is 0 Å². The molecule has 5 nitrogen and oxygen atoms in total. The van der Waals surface area contributed by atoms with Gasteiger partial charge in [-0.2, -0.15) is 5.26 Å². The molecule has 1 N–H and O–H groups in total. The maximum absolute atomic E-state index is 12.8. The lowest BCUT2D eigenvalue weighted by atomic mass is 10.1. The minimum Gasteiger partial charge on any atom is -0.298 e. The van der Waals surface area contributed by atoms with E-state index in [2.05, 4.69) is 11.1 Å². The molecule has 1 aliphatic rings. The number of H-pyrrole nitrogens is 1. The Labute approximate surface area is 135 Å². The van der Waals surface area contributed by atoms with Crippen LogP contribution in [0.3, 0.4) is 0 Å². The molecule has 0 radical (unpaired) electrons. The van der Waals surface area contributed by atoms with Crippen molar-refractivity contribution in [1.82, 2.24) is 9.55 Å². The highest BCUT2D eigenvalue weighted by Crippen LogP contribution is 2.33. The fourth-order valence-electron chi connectivity index (χ4n) is 3.18. The number of rotatable bonds is 2. The predicted octanol–water partition coefficient (Wildman–Crippen LogP) is 2.16. The molecule has 1 aliphatic carbocycles. The number of aromatic nitrogens is 2. The molecule has 0 fully saturated rings. The van der Waals surface area contributed by atoms with Crippen molar-refractivity contribution in [3.63, 3.8) is 0 Å². The molecule has 0 unspecified atom stereocenters. The van der Waals surface area contributed by atoms with Crippen LogP contribution in [0.1, 0.15) is 28.0 Å². The largest absolute Gasteiger partial charge is 0.329 e. The van der Waals surface area contributed by atoms with Crippen LogP contribution in [-0.2, 0) is 19.4 Å². The van der Waals surface area contributed by atoms with Gasteiger partial charge in [-0.25, -0.2) is 4.79 Å². The van der Waals surface area contributed by atoms with E-state index in [9.17, 15) is 9.59 Å². The Balaban J connectivity index is 1.88. The van der Waals surface area contributed by atoms with Crippen molar-refractivity contribution in [2.75, 3.05) is 0 Å². The molecule has 114 valence electrons. The average Bonchev–Trinajstić information content (AvgIpc) is 3.12. The van der Waals surface area contributed by atoms with Crippen molar-refractivity contribution in [3.8, 4) is 6.07 Å². The van der Waals surface area contributed by atoms with Crippen LogP contribution in [0.5, 0.6) is 0 Å². The first kappa shape index (κ1) is 14.0. The van der Waals surface area contributed by atoms with Crippen molar-refractivity contribution in [2.45, 2.75) is 25.8 Å². The first-order valence-electron chi connectivity index (χ1n) is 7.44. The molecule has 23 heavy (non-hydrogen) atoms. The van der Waals surface area contributed by atoms with E-state index in [1.165, 1.54) is 20.8 Å². The Morgan fingerprint density at radius 3 is 3.00 bits per heavy atom. The van der Waals surface area contributed by atoms with Crippen molar-refractivity contribution < 1.29 is 0 Å². The minimum atomic E-state index is -0.398. The summed E-state index contributed by atoms with van der Waals surface area (Å²) in [6.07, 6.45) is 2.96. The van der Waals surface area contributed by atoms with Gasteiger partial charge in [-0.1, -0.05) is 12.1 Å². The smallest absolute Gasteiger partial charge is 0.298 e. The molecule has 1 aromatic carbocycles. The van der Waals surface area contributed by atoms with Crippen LogP contribution in [0.25, 0.3) is 10.2 Å². The Morgan fingerprint density at radius 1 is 1.30 bits per heavy atom. The number of aryl methyl sites for hydroxylation is 2. The fourth-order valence-corrected chi connectivity index (χ4v) is 4.45. The molecule has 2 heterocycles. The van der Waals surface area contributed by atoms with Crippen LogP contribution < -0.4 is 11.2 Å². The SMILES string of the molecule is N#Cc1cccc(Cn2c(=O)[nH]c3sc4c(c3c2=O)CCC4)c1. The molecule has 0 saturated carbocycles. The van der Waals surface area contributed by atoms with Crippen LogP contribution >= 0.6 is 11.3 Å². The highest BCUT2D eigenvalue weighted by molar-refractivity contribution is 7.18. The monoisotopic (exact) mass is 323 g/mol. The fraction of sp³-hybridized carbons (Fsp3) is 0.235. The third kappa shape index (κ3) is 2.21. The van der Waals surface area contributed by atoms with E-state index in [4.69, 9.17) is 5.26 Å². The summed E-state index contributed by atoms with van der Waals surface area (Å²) in [5.41, 5.74) is 1.76. The van der Waals surface area contributed by atoms with Crippen molar-refractivity contribution in [2.24, 2.45) is 0 Å². The summed E-state index contributed by atoms with van der Waals surface area (Å²) < 4.78 is 1.23. The lowest BCUT2D eigenvalue weighted by molar-refractivity contribution is 0.712. The summed E-state index contributed by atoms with van der Waals surface area (Å²) in [5.74, 6) is 0. The van der Waals surface area contributed by atoms with Crippen LogP contribution in [0.15, 0.2) is 33.9 Å². The predicted molar refractivity (Wildman–Crippen MR) is 89.0 cm³/mol. The van der Waals surface area contributed by atoms with Gasteiger partial charge in [0.1, 0.15) is 4.83 Å². The second-order valence-electron chi connectivity index (χ2n) is 5.70. The third-order valence-corrected chi connectivity index (χ3v) is 5.45. The molecule has 0 amide bonds. The summed E-state index contributed by atoms with van der Waals surface area (Å²) >= 11 is 1.52. The number of thiophene rings is 1. The quantitative estimate of drug-likeness (QED) is 0.785. The number of aromatic amines is 1. The van der Waals surface area contributed by atoms with E-state index in [1.54, 1.807) is 18.2 Å². The standard InChI is InChI=1S/C17H13N3O2S/c18-8-10-3-1-4-11(7-10)9-20-16(21)14-12-5-2-6-13(12)23-15(14)19-17(20)22/h1,3-4,7H,2,5-6,9H2,(H,19,22). The summed E-state index contributed by atoms with van der Waals surface area (Å²) in [5, 5.41) is 9.64. The molecule has 2 aromatic heterocycles. The molecular formula is C17H13N3O2S. The van der Waals surface area contributed by atoms with Gasteiger partial charge in [-0.3, -0.25) is 14.3 Å². The van der Waals surface area contributed by atoms with E-state index in [0.717, 1.165) is 30.4 Å². The normalized spacial score (nSPS) is 13.2. The van der Waals surface area contributed by atoms with Crippen molar-refractivity contribution in [3.05, 3.63) is 66.7 Å². The van der Waals surface area contributed by atoms with Crippen LogP contribution in [0, 0.1) is 11.3 Å². The van der Waals surface area contributed by atoms with E-state index in [0.29, 0.717) is 15.8 Å². The average molecular weight is 323 g/mol. The number of benzene rings is 1. The molecule has 0 aliphatic heterocycles. The topological polar surface area (TPSA) is 78.7 Å². The highest BCUT2D eigenvalue weighted by atomic mass is 32.1. The molecule has 0 atom stereocenters. The maximum atomic E-state index is 12.8.